The highest BCUT2D eigenvalue weighted by atomic mass is 35.5. The number of halogens is 2. The van der Waals surface area contributed by atoms with Crippen LogP contribution in [0.1, 0.15) is 0 Å². The maximum absolute atomic E-state index is 13.6. The molecular formula is C13H16ClFN2O3. The second-order valence-electron chi connectivity index (χ2n) is 4.55. The van der Waals surface area contributed by atoms with Crippen LogP contribution in [0, 0.1) is 5.82 Å². The number of nitrogens with one attached hydrogen (secondary N) is 1. The summed E-state index contributed by atoms with van der Waals surface area (Å²) < 4.78 is 18.8. The number of hydrogen-bond acceptors (Lipinski definition) is 4. The average molecular weight is 303 g/mol. The Bertz CT molecular complexity index is 487. The molecule has 1 aromatic carbocycles. The fraction of sp³-hybridized carbons (Fsp3) is 0.462. The van der Waals surface area contributed by atoms with Crippen LogP contribution in [0.15, 0.2) is 18.2 Å². The van der Waals surface area contributed by atoms with E-state index in [-0.39, 0.29) is 35.8 Å². The predicted octanol–water partition coefficient (Wildman–Crippen LogP) is 1.11. The first kappa shape index (κ1) is 15.2. The van der Waals surface area contributed by atoms with Crippen molar-refractivity contribution in [3.8, 4) is 0 Å². The number of hydrogen-bond donors (Lipinski definition) is 2. The van der Waals surface area contributed by atoms with Gasteiger partial charge < -0.3 is 15.2 Å². The van der Waals surface area contributed by atoms with Gasteiger partial charge in [0.1, 0.15) is 5.82 Å². The zero-order valence-corrected chi connectivity index (χ0v) is 11.6. The zero-order chi connectivity index (χ0) is 14.5. The van der Waals surface area contributed by atoms with E-state index in [0.717, 1.165) is 6.07 Å². The van der Waals surface area contributed by atoms with Crippen molar-refractivity contribution in [1.82, 2.24) is 4.90 Å². The third kappa shape index (κ3) is 3.89. The SMILES string of the molecule is O=C(CN1CCOCC1CO)Nc1ccc(Cl)cc1F. The summed E-state index contributed by atoms with van der Waals surface area (Å²) in [6.45, 7) is 1.46. The van der Waals surface area contributed by atoms with Crippen molar-refractivity contribution in [2.45, 2.75) is 6.04 Å². The van der Waals surface area contributed by atoms with Gasteiger partial charge in [-0.3, -0.25) is 9.69 Å². The number of aliphatic hydroxyl groups is 1. The lowest BCUT2D eigenvalue weighted by molar-refractivity contribution is -0.120. The molecule has 1 atom stereocenters. The van der Waals surface area contributed by atoms with Crippen molar-refractivity contribution >= 4 is 23.2 Å². The van der Waals surface area contributed by atoms with Crippen LogP contribution in [0.5, 0.6) is 0 Å². The molecule has 110 valence electrons. The van der Waals surface area contributed by atoms with E-state index in [0.29, 0.717) is 19.8 Å². The minimum absolute atomic E-state index is 0.0800. The molecule has 0 saturated carbocycles. The van der Waals surface area contributed by atoms with Gasteiger partial charge in [-0.25, -0.2) is 4.39 Å². The van der Waals surface area contributed by atoms with Crippen molar-refractivity contribution in [1.29, 1.82) is 0 Å². The van der Waals surface area contributed by atoms with E-state index in [9.17, 15) is 14.3 Å². The van der Waals surface area contributed by atoms with Crippen LogP contribution in [0.4, 0.5) is 10.1 Å². The number of carbonyl (C=O) groups is 1. The molecule has 1 aliphatic heterocycles. The maximum atomic E-state index is 13.6. The number of anilines is 1. The quantitative estimate of drug-likeness (QED) is 0.875. The van der Waals surface area contributed by atoms with Gasteiger partial charge in [0.25, 0.3) is 0 Å². The Morgan fingerprint density at radius 3 is 3.10 bits per heavy atom. The number of aliphatic hydroxyl groups excluding tert-OH is 1. The summed E-state index contributed by atoms with van der Waals surface area (Å²) in [5, 5.41) is 12.0. The van der Waals surface area contributed by atoms with Gasteiger partial charge in [0.05, 0.1) is 38.1 Å². The van der Waals surface area contributed by atoms with Crippen molar-refractivity contribution in [2.75, 3.05) is 38.2 Å². The first-order valence-electron chi connectivity index (χ1n) is 6.27. The first-order valence-corrected chi connectivity index (χ1v) is 6.65. The van der Waals surface area contributed by atoms with Gasteiger partial charge >= 0.3 is 0 Å². The summed E-state index contributed by atoms with van der Waals surface area (Å²) in [6.07, 6.45) is 0. The summed E-state index contributed by atoms with van der Waals surface area (Å²) in [5.74, 6) is -0.918. The lowest BCUT2D eigenvalue weighted by atomic mass is 10.2. The standard InChI is InChI=1S/C13H16ClFN2O3/c14-9-1-2-12(11(15)5-9)16-13(19)6-17-3-4-20-8-10(17)7-18/h1-2,5,10,18H,3-4,6-8H2,(H,16,19). The molecule has 1 aliphatic rings. The Morgan fingerprint density at radius 1 is 1.60 bits per heavy atom. The molecule has 20 heavy (non-hydrogen) atoms. The van der Waals surface area contributed by atoms with Crippen molar-refractivity contribution < 1.29 is 19.0 Å². The van der Waals surface area contributed by atoms with E-state index in [1.165, 1.54) is 12.1 Å². The van der Waals surface area contributed by atoms with Gasteiger partial charge in [0.2, 0.25) is 5.91 Å². The maximum Gasteiger partial charge on any atom is 0.238 e. The van der Waals surface area contributed by atoms with Gasteiger partial charge in [0, 0.05) is 11.6 Å². The molecule has 0 spiro atoms. The Morgan fingerprint density at radius 2 is 2.40 bits per heavy atom. The van der Waals surface area contributed by atoms with Crippen LogP contribution in [0.3, 0.4) is 0 Å². The molecule has 0 bridgehead atoms. The number of benzene rings is 1. The number of carbonyl (C=O) groups excluding carboxylic acids is 1. The molecule has 1 unspecified atom stereocenters. The van der Waals surface area contributed by atoms with Crippen LogP contribution in [0.25, 0.3) is 0 Å². The molecule has 1 amide bonds. The minimum atomic E-state index is -0.577. The zero-order valence-electron chi connectivity index (χ0n) is 10.8. The summed E-state index contributed by atoms with van der Waals surface area (Å²) >= 11 is 5.64. The Balaban J connectivity index is 1.94. The van der Waals surface area contributed by atoms with Gasteiger partial charge in [-0.2, -0.15) is 0 Å². The van der Waals surface area contributed by atoms with Gasteiger partial charge in [0.15, 0.2) is 0 Å². The molecular weight excluding hydrogens is 287 g/mol. The van der Waals surface area contributed by atoms with E-state index in [4.69, 9.17) is 16.3 Å². The van der Waals surface area contributed by atoms with Crippen LogP contribution in [-0.2, 0) is 9.53 Å². The first-order chi connectivity index (χ1) is 9.60. The van der Waals surface area contributed by atoms with E-state index < -0.39 is 5.82 Å². The highest BCUT2D eigenvalue weighted by Crippen LogP contribution is 2.19. The third-order valence-electron chi connectivity index (χ3n) is 3.11. The molecule has 2 N–H and O–H groups in total. The Labute approximate surface area is 121 Å². The molecule has 0 aromatic heterocycles. The third-order valence-corrected chi connectivity index (χ3v) is 3.35. The van der Waals surface area contributed by atoms with Gasteiger partial charge in [-0.05, 0) is 18.2 Å². The Hall–Kier alpha value is -1.21. The Kier molecular flexibility index (Phi) is 5.31. The molecule has 1 fully saturated rings. The number of ether oxygens (including phenoxy) is 1. The molecule has 1 aromatic rings. The largest absolute Gasteiger partial charge is 0.395 e. The van der Waals surface area contributed by atoms with E-state index >= 15 is 0 Å². The molecule has 1 heterocycles. The molecule has 2 rings (SSSR count). The summed E-state index contributed by atoms with van der Waals surface area (Å²) in [5.41, 5.74) is 0.0909. The highest BCUT2D eigenvalue weighted by Gasteiger charge is 2.24. The fourth-order valence-corrected chi connectivity index (χ4v) is 2.19. The number of morpholine rings is 1. The van der Waals surface area contributed by atoms with Crippen LogP contribution in [0.2, 0.25) is 5.02 Å². The number of nitrogens with zero attached hydrogens (tertiary/aromatic N) is 1. The molecule has 1 saturated heterocycles. The predicted molar refractivity (Wildman–Crippen MR) is 73.3 cm³/mol. The highest BCUT2D eigenvalue weighted by molar-refractivity contribution is 6.30. The lowest BCUT2D eigenvalue weighted by Gasteiger charge is -2.33. The van der Waals surface area contributed by atoms with E-state index in [2.05, 4.69) is 5.32 Å². The molecule has 7 heteroatoms. The van der Waals surface area contributed by atoms with Gasteiger partial charge in [-0.15, -0.1) is 0 Å². The smallest absolute Gasteiger partial charge is 0.238 e. The minimum Gasteiger partial charge on any atom is -0.395 e. The van der Waals surface area contributed by atoms with E-state index in [1.807, 2.05) is 4.90 Å². The second-order valence-corrected chi connectivity index (χ2v) is 4.99. The summed E-state index contributed by atoms with van der Waals surface area (Å²) in [4.78, 5) is 13.7. The average Bonchev–Trinajstić information content (AvgIpc) is 2.42. The van der Waals surface area contributed by atoms with Crippen molar-refractivity contribution in [3.05, 3.63) is 29.0 Å². The van der Waals surface area contributed by atoms with Crippen LogP contribution in [-0.4, -0.2) is 54.9 Å². The van der Waals surface area contributed by atoms with Crippen molar-refractivity contribution in [3.63, 3.8) is 0 Å². The normalized spacial score (nSPS) is 19.9. The van der Waals surface area contributed by atoms with E-state index in [1.54, 1.807) is 0 Å². The number of rotatable bonds is 4. The monoisotopic (exact) mass is 302 g/mol. The fourth-order valence-electron chi connectivity index (χ4n) is 2.03. The molecule has 0 radical (unpaired) electrons. The molecule has 5 nitrogen and oxygen atoms in total. The van der Waals surface area contributed by atoms with Crippen LogP contribution < -0.4 is 5.32 Å². The lowest BCUT2D eigenvalue weighted by Crippen LogP contribution is -2.50. The second kappa shape index (κ2) is 6.99. The van der Waals surface area contributed by atoms with Crippen LogP contribution >= 0.6 is 11.6 Å². The topological polar surface area (TPSA) is 61.8 Å². The summed E-state index contributed by atoms with van der Waals surface area (Å²) in [7, 11) is 0. The number of amides is 1. The van der Waals surface area contributed by atoms with Crippen molar-refractivity contribution in [2.24, 2.45) is 0 Å². The van der Waals surface area contributed by atoms with Gasteiger partial charge in [-0.1, -0.05) is 11.6 Å². The molecule has 0 aliphatic carbocycles. The summed E-state index contributed by atoms with van der Waals surface area (Å²) in [6, 6.07) is 3.86.